The molecular formula is C27H31N7O3. The number of rotatable bonds is 9. The van der Waals surface area contributed by atoms with Gasteiger partial charge in [-0.05, 0) is 60.9 Å². The SMILES string of the molecule is COC(=O)[C@H](CC(C)C)NC(=O)c1ccc(-c2nc(Nc3ccc4[nH]ncc4c3C3CC3)n(C)n2)cc1. The summed E-state index contributed by atoms with van der Waals surface area (Å²) in [4.78, 5) is 29.5. The number of aryl methyl sites for hydroxylation is 1. The fourth-order valence-corrected chi connectivity index (χ4v) is 4.54. The number of benzene rings is 2. The van der Waals surface area contributed by atoms with Crippen molar-refractivity contribution in [3.8, 4) is 11.4 Å². The maximum Gasteiger partial charge on any atom is 0.328 e. The molecule has 1 saturated carbocycles. The Morgan fingerprint density at radius 2 is 1.92 bits per heavy atom. The second-order valence-electron chi connectivity index (χ2n) is 9.90. The number of amides is 1. The topological polar surface area (TPSA) is 127 Å². The highest BCUT2D eigenvalue weighted by molar-refractivity contribution is 5.97. The Hall–Kier alpha value is -4.21. The lowest BCUT2D eigenvalue weighted by Crippen LogP contribution is -2.42. The van der Waals surface area contributed by atoms with E-state index >= 15 is 0 Å². The van der Waals surface area contributed by atoms with E-state index < -0.39 is 12.0 Å². The summed E-state index contributed by atoms with van der Waals surface area (Å²) < 4.78 is 6.55. The Kier molecular flexibility index (Phi) is 6.64. The first-order valence-electron chi connectivity index (χ1n) is 12.5. The first kappa shape index (κ1) is 24.5. The van der Waals surface area contributed by atoms with E-state index in [-0.39, 0.29) is 11.8 Å². The van der Waals surface area contributed by atoms with Gasteiger partial charge in [-0.1, -0.05) is 26.0 Å². The van der Waals surface area contributed by atoms with E-state index in [1.807, 2.05) is 33.2 Å². The van der Waals surface area contributed by atoms with Crippen molar-refractivity contribution in [1.29, 1.82) is 0 Å². The summed E-state index contributed by atoms with van der Waals surface area (Å²) in [6, 6.07) is 10.4. The molecule has 0 aliphatic heterocycles. The minimum atomic E-state index is -0.690. The van der Waals surface area contributed by atoms with Gasteiger partial charge in [-0.25, -0.2) is 9.48 Å². The van der Waals surface area contributed by atoms with Gasteiger partial charge < -0.3 is 15.4 Å². The molecule has 1 atom stereocenters. The van der Waals surface area contributed by atoms with Gasteiger partial charge in [0, 0.05) is 29.2 Å². The monoisotopic (exact) mass is 501 g/mol. The van der Waals surface area contributed by atoms with Gasteiger partial charge in [0.2, 0.25) is 5.95 Å². The quantitative estimate of drug-likeness (QED) is 0.292. The molecule has 3 N–H and O–H groups in total. The molecule has 1 amide bonds. The van der Waals surface area contributed by atoms with Crippen molar-refractivity contribution in [2.75, 3.05) is 12.4 Å². The van der Waals surface area contributed by atoms with Crippen LogP contribution in [0.4, 0.5) is 11.6 Å². The van der Waals surface area contributed by atoms with Crippen molar-refractivity contribution in [3.63, 3.8) is 0 Å². The van der Waals surface area contributed by atoms with Gasteiger partial charge in [0.1, 0.15) is 6.04 Å². The third kappa shape index (κ3) is 5.18. The van der Waals surface area contributed by atoms with Crippen molar-refractivity contribution in [1.82, 2.24) is 30.3 Å². The Morgan fingerprint density at radius 1 is 1.16 bits per heavy atom. The summed E-state index contributed by atoms with van der Waals surface area (Å²) in [6.07, 6.45) is 4.71. The van der Waals surface area contributed by atoms with Crippen LogP contribution in [0, 0.1) is 5.92 Å². The van der Waals surface area contributed by atoms with E-state index in [1.165, 1.54) is 25.5 Å². The lowest BCUT2D eigenvalue weighted by molar-refractivity contribution is -0.143. The van der Waals surface area contributed by atoms with Crippen molar-refractivity contribution in [2.45, 2.75) is 45.1 Å². The molecule has 2 aromatic heterocycles. The smallest absolute Gasteiger partial charge is 0.328 e. The number of fused-ring (bicyclic) bond motifs is 1. The first-order valence-corrected chi connectivity index (χ1v) is 12.5. The van der Waals surface area contributed by atoms with E-state index in [1.54, 1.807) is 28.9 Å². The van der Waals surface area contributed by atoms with Crippen LogP contribution < -0.4 is 10.6 Å². The number of nitrogens with one attached hydrogen (secondary N) is 3. The summed E-state index contributed by atoms with van der Waals surface area (Å²) in [5, 5.41) is 19.2. The van der Waals surface area contributed by atoms with Crippen LogP contribution in [0.1, 0.15) is 54.9 Å². The molecule has 1 fully saturated rings. The Morgan fingerprint density at radius 3 is 2.59 bits per heavy atom. The van der Waals surface area contributed by atoms with Crippen LogP contribution in [-0.4, -0.2) is 50.0 Å². The normalized spacial score (nSPS) is 14.1. The molecule has 192 valence electrons. The molecule has 10 heteroatoms. The molecule has 0 bridgehead atoms. The fourth-order valence-electron chi connectivity index (χ4n) is 4.54. The highest BCUT2D eigenvalue weighted by Crippen LogP contribution is 2.47. The number of esters is 1. The molecule has 2 aromatic carbocycles. The number of methoxy groups -OCH3 is 1. The summed E-state index contributed by atoms with van der Waals surface area (Å²) in [6.45, 7) is 3.98. The number of carbonyl (C=O) groups is 2. The van der Waals surface area contributed by atoms with Gasteiger partial charge >= 0.3 is 5.97 Å². The second-order valence-corrected chi connectivity index (χ2v) is 9.90. The van der Waals surface area contributed by atoms with Crippen LogP contribution >= 0.6 is 0 Å². The largest absolute Gasteiger partial charge is 0.467 e. The Bertz CT molecular complexity index is 1430. The Labute approximate surface area is 214 Å². The molecular weight excluding hydrogens is 470 g/mol. The molecule has 2 heterocycles. The van der Waals surface area contributed by atoms with Gasteiger partial charge in [-0.2, -0.15) is 10.1 Å². The van der Waals surface area contributed by atoms with Gasteiger partial charge in [0.15, 0.2) is 5.82 Å². The maximum absolute atomic E-state index is 12.8. The van der Waals surface area contributed by atoms with Crippen LogP contribution in [0.15, 0.2) is 42.6 Å². The average Bonchev–Trinajstić information content (AvgIpc) is 3.49. The Balaban J connectivity index is 1.33. The summed E-state index contributed by atoms with van der Waals surface area (Å²) in [5.41, 5.74) is 4.51. The average molecular weight is 502 g/mol. The fraction of sp³-hybridized carbons (Fsp3) is 0.370. The summed E-state index contributed by atoms with van der Waals surface area (Å²) >= 11 is 0. The molecule has 0 saturated heterocycles. The highest BCUT2D eigenvalue weighted by atomic mass is 16.5. The predicted octanol–water partition coefficient (Wildman–Crippen LogP) is 4.30. The zero-order valence-corrected chi connectivity index (χ0v) is 21.4. The molecule has 0 spiro atoms. The second kappa shape index (κ2) is 10.0. The van der Waals surface area contributed by atoms with Gasteiger partial charge in [0.25, 0.3) is 5.91 Å². The molecule has 37 heavy (non-hydrogen) atoms. The van der Waals surface area contributed by atoms with Crippen molar-refractivity contribution in [2.24, 2.45) is 13.0 Å². The van der Waals surface area contributed by atoms with Crippen molar-refractivity contribution >= 4 is 34.4 Å². The molecule has 0 radical (unpaired) electrons. The lowest BCUT2D eigenvalue weighted by atomic mass is 10.0. The third-order valence-electron chi connectivity index (χ3n) is 6.56. The van der Waals surface area contributed by atoms with E-state index in [0.717, 1.165) is 22.2 Å². The van der Waals surface area contributed by atoms with E-state index in [0.29, 0.717) is 29.7 Å². The zero-order valence-electron chi connectivity index (χ0n) is 21.4. The number of hydrogen-bond donors (Lipinski definition) is 3. The molecule has 0 unspecified atom stereocenters. The minimum Gasteiger partial charge on any atom is -0.467 e. The van der Waals surface area contributed by atoms with Crippen LogP contribution in [0.25, 0.3) is 22.3 Å². The number of aromatic amines is 1. The molecule has 1 aliphatic carbocycles. The van der Waals surface area contributed by atoms with Gasteiger partial charge in [-0.15, -0.1) is 5.10 Å². The van der Waals surface area contributed by atoms with E-state index in [9.17, 15) is 9.59 Å². The van der Waals surface area contributed by atoms with E-state index in [2.05, 4.69) is 32.0 Å². The number of nitrogens with zero attached hydrogens (tertiary/aromatic N) is 4. The van der Waals surface area contributed by atoms with Gasteiger partial charge in [0.05, 0.1) is 18.8 Å². The summed E-state index contributed by atoms with van der Waals surface area (Å²) in [7, 11) is 3.16. The van der Waals surface area contributed by atoms with Crippen molar-refractivity contribution in [3.05, 3.63) is 53.7 Å². The standard InChI is InChI=1S/C27H31N7O3/c1-15(2)13-22(26(36)37-4)29-25(35)18-9-7-17(8-10-18)24-31-27(34(3)33-24)30-21-12-11-20-19(14-28-32-20)23(21)16-5-6-16/h7-12,14-16,22H,5-6,13H2,1-4H3,(H,28,32)(H,29,35)(H,30,31,33)/t22-/m0/s1. The number of H-pyrrole nitrogens is 1. The van der Waals surface area contributed by atoms with Crippen LogP contribution in [0.5, 0.6) is 0 Å². The van der Waals surface area contributed by atoms with Crippen LogP contribution in [0.2, 0.25) is 0 Å². The van der Waals surface area contributed by atoms with Crippen LogP contribution in [0.3, 0.4) is 0 Å². The molecule has 4 aromatic rings. The zero-order chi connectivity index (χ0) is 26.1. The molecule has 1 aliphatic rings. The number of aromatic nitrogens is 5. The van der Waals surface area contributed by atoms with Crippen molar-refractivity contribution < 1.29 is 14.3 Å². The minimum absolute atomic E-state index is 0.228. The predicted molar refractivity (Wildman–Crippen MR) is 141 cm³/mol. The number of hydrogen-bond acceptors (Lipinski definition) is 7. The molecule has 10 nitrogen and oxygen atoms in total. The van der Waals surface area contributed by atoms with E-state index in [4.69, 9.17) is 9.72 Å². The highest BCUT2D eigenvalue weighted by Gasteiger charge is 2.29. The lowest BCUT2D eigenvalue weighted by Gasteiger charge is -2.18. The van der Waals surface area contributed by atoms with Crippen LogP contribution in [-0.2, 0) is 16.6 Å². The maximum atomic E-state index is 12.8. The number of carbonyl (C=O) groups excluding carboxylic acids is 2. The summed E-state index contributed by atoms with van der Waals surface area (Å²) in [5.74, 6) is 1.13. The van der Waals surface area contributed by atoms with Gasteiger partial charge in [-0.3, -0.25) is 9.89 Å². The third-order valence-corrected chi connectivity index (χ3v) is 6.56. The number of anilines is 2. The number of ether oxygens (including phenoxy) is 1. The molecule has 5 rings (SSSR count). The first-order chi connectivity index (χ1) is 17.8.